The monoisotopic (exact) mass is 599 g/mol. The third-order valence-electron chi connectivity index (χ3n) is 8.03. The van der Waals surface area contributed by atoms with Crippen molar-refractivity contribution < 1.29 is 32.2 Å². The van der Waals surface area contributed by atoms with E-state index < -0.39 is 29.4 Å². The van der Waals surface area contributed by atoms with Crippen LogP contribution in [-0.4, -0.2) is 27.1 Å². The molecule has 1 saturated carbocycles. The second-order valence-electron chi connectivity index (χ2n) is 11.0. The molecule has 4 aromatic carbocycles. The average molecular weight is 600 g/mol. The molecule has 1 aliphatic carbocycles. The minimum absolute atomic E-state index is 0.0111. The van der Waals surface area contributed by atoms with E-state index in [9.17, 15) is 23.1 Å². The summed E-state index contributed by atoms with van der Waals surface area (Å²) in [7, 11) is 0. The summed E-state index contributed by atoms with van der Waals surface area (Å²) >= 11 is 0. The number of nitrogens with zero attached hydrogens (tertiary/aromatic N) is 3. The Morgan fingerprint density at radius 1 is 0.977 bits per heavy atom. The van der Waals surface area contributed by atoms with Crippen LogP contribution in [0.1, 0.15) is 40.2 Å². The number of hydrogen-bond donors (Lipinski definition) is 1. The largest absolute Gasteiger partial charge is 0.489 e. The van der Waals surface area contributed by atoms with E-state index in [1.54, 1.807) is 41.0 Å². The number of imidazole rings is 1. The van der Waals surface area contributed by atoms with Crippen LogP contribution in [0.3, 0.4) is 0 Å². The fourth-order valence-electron chi connectivity index (χ4n) is 5.23. The molecule has 0 radical (unpaired) electrons. The van der Waals surface area contributed by atoms with E-state index in [0.29, 0.717) is 57.7 Å². The molecule has 6 rings (SSSR count). The molecular formula is C34H25F4N3O3. The maximum absolute atomic E-state index is 15.5. The van der Waals surface area contributed by atoms with Crippen LogP contribution in [0.4, 0.5) is 23.2 Å². The van der Waals surface area contributed by atoms with Gasteiger partial charge in [-0.15, -0.1) is 0 Å². The van der Waals surface area contributed by atoms with Gasteiger partial charge in [-0.3, -0.25) is 0 Å². The normalized spacial score (nSPS) is 13.6. The van der Waals surface area contributed by atoms with Gasteiger partial charge in [0.15, 0.2) is 5.69 Å². The number of carbonyl (C=O) groups is 1. The van der Waals surface area contributed by atoms with Crippen LogP contribution in [0, 0.1) is 23.6 Å². The summed E-state index contributed by atoms with van der Waals surface area (Å²) in [4.78, 5) is 19.4. The lowest BCUT2D eigenvalue weighted by atomic mass is 10.0. The van der Waals surface area contributed by atoms with Crippen LogP contribution in [-0.2, 0) is 19.6 Å². The molecule has 0 saturated heterocycles. The molecule has 10 heteroatoms. The highest BCUT2D eigenvalue weighted by Gasteiger charge is 2.51. The molecule has 1 heterocycles. The molecule has 0 amide bonds. The number of rotatable bonds is 10. The Labute approximate surface area is 250 Å². The summed E-state index contributed by atoms with van der Waals surface area (Å²) in [6.07, 6.45) is -1.84. The topological polar surface area (TPSA) is 68.7 Å². The Morgan fingerprint density at radius 3 is 2.41 bits per heavy atom. The molecule has 5 aromatic rings. The highest BCUT2D eigenvalue weighted by molar-refractivity contribution is 5.92. The Bertz CT molecular complexity index is 1940. The fourth-order valence-corrected chi connectivity index (χ4v) is 5.23. The molecule has 0 atom stereocenters. The molecule has 6 nitrogen and oxygen atoms in total. The number of fused-ring (bicyclic) bond motifs is 1. The summed E-state index contributed by atoms with van der Waals surface area (Å²) in [5.41, 5.74) is 1.70. The van der Waals surface area contributed by atoms with Gasteiger partial charge in [0.2, 0.25) is 6.43 Å². The highest BCUT2D eigenvalue weighted by atomic mass is 19.3. The smallest absolute Gasteiger partial charge is 0.335 e. The number of carboxylic acids is 1. The highest BCUT2D eigenvalue weighted by Crippen LogP contribution is 2.52. The van der Waals surface area contributed by atoms with Crippen molar-refractivity contribution in [2.75, 3.05) is 0 Å². The fraction of sp³-hybridized carbons (Fsp3) is 0.206. The SMILES string of the molecule is [C-]#[N+]c1ccc(COc2cccc(-c3ccc(Cc4nc5ccc(C(=O)O)cc5n4CC4(C(F)F)CC4)c(F)c3)c2)c(F)c1. The van der Waals surface area contributed by atoms with Crippen molar-refractivity contribution >= 4 is 22.7 Å². The van der Waals surface area contributed by atoms with Crippen molar-refractivity contribution in [1.29, 1.82) is 0 Å². The van der Waals surface area contributed by atoms with Crippen LogP contribution in [0.15, 0.2) is 78.9 Å². The van der Waals surface area contributed by atoms with Crippen molar-refractivity contribution in [3.05, 3.63) is 124 Å². The first-order chi connectivity index (χ1) is 21.2. The van der Waals surface area contributed by atoms with E-state index in [-0.39, 0.29) is 30.8 Å². The Hall–Kier alpha value is -5.17. The second kappa shape index (κ2) is 11.5. The van der Waals surface area contributed by atoms with Crippen molar-refractivity contribution in [3.8, 4) is 16.9 Å². The zero-order valence-electron chi connectivity index (χ0n) is 23.2. The maximum atomic E-state index is 15.5. The van der Waals surface area contributed by atoms with Gasteiger partial charge in [-0.2, -0.15) is 0 Å². The van der Waals surface area contributed by atoms with Gasteiger partial charge in [0.05, 0.1) is 23.2 Å². The number of carboxylic acid groups (broad SMARTS) is 1. The number of benzene rings is 4. The summed E-state index contributed by atoms with van der Waals surface area (Å²) < 4.78 is 64.9. The van der Waals surface area contributed by atoms with Crippen molar-refractivity contribution in [1.82, 2.24) is 9.55 Å². The predicted octanol–water partition coefficient (Wildman–Crippen LogP) is 8.45. The number of alkyl halides is 2. The van der Waals surface area contributed by atoms with Crippen LogP contribution >= 0.6 is 0 Å². The molecule has 0 spiro atoms. The molecule has 0 unspecified atom stereocenters. The van der Waals surface area contributed by atoms with E-state index >= 15 is 4.39 Å². The maximum Gasteiger partial charge on any atom is 0.335 e. The predicted molar refractivity (Wildman–Crippen MR) is 156 cm³/mol. The minimum Gasteiger partial charge on any atom is -0.489 e. The van der Waals surface area contributed by atoms with Gasteiger partial charge in [-0.05, 0) is 72.0 Å². The van der Waals surface area contributed by atoms with Crippen LogP contribution in [0.5, 0.6) is 5.75 Å². The molecule has 0 bridgehead atoms. The first kappa shape index (κ1) is 28.9. The van der Waals surface area contributed by atoms with Crippen LogP contribution < -0.4 is 4.74 Å². The standard InChI is InChI=1S/C34H25F4N3O3/c1-39-25-9-7-24(28(36)17-25)18-44-26-4-2-3-20(13-26)21-5-6-22(27(35)14-21)16-31-40-29-10-8-23(32(42)43)15-30(29)41(31)19-34(11-12-34)33(37)38/h2-10,13-15,17,33H,11-12,16,18-19H2,(H,42,43). The molecule has 0 aliphatic heterocycles. The van der Waals surface area contributed by atoms with Gasteiger partial charge in [-0.1, -0.05) is 36.4 Å². The van der Waals surface area contributed by atoms with Gasteiger partial charge in [0, 0.05) is 23.9 Å². The minimum atomic E-state index is -2.55. The number of hydrogen-bond acceptors (Lipinski definition) is 3. The van der Waals surface area contributed by atoms with E-state index in [1.165, 1.54) is 36.4 Å². The van der Waals surface area contributed by atoms with Crippen LogP contribution in [0.25, 0.3) is 27.0 Å². The Balaban J connectivity index is 1.25. The molecule has 222 valence electrons. The second-order valence-corrected chi connectivity index (χ2v) is 11.0. The molecule has 1 N–H and O–H groups in total. The van der Waals surface area contributed by atoms with Gasteiger partial charge < -0.3 is 14.4 Å². The lowest BCUT2D eigenvalue weighted by molar-refractivity contribution is 0.0514. The van der Waals surface area contributed by atoms with Gasteiger partial charge in [0.1, 0.15) is 29.8 Å². The van der Waals surface area contributed by atoms with E-state index in [0.717, 1.165) is 6.07 Å². The zero-order chi connectivity index (χ0) is 31.0. The first-order valence-electron chi connectivity index (χ1n) is 13.8. The number of ether oxygens (including phenoxy) is 1. The summed E-state index contributed by atoms with van der Waals surface area (Å²) in [5, 5.41) is 9.46. The van der Waals surface area contributed by atoms with Crippen molar-refractivity contribution in [2.24, 2.45) is 5.41 Å². The molecule has 1 aromatic heterocycles. The number of aromatic nitrogens is 2. The zero-order valence-corrected chi connectivity index (χ0v) is 23.2. The lowest BCUT2D eigenvalue weighted by Gasteiger charge is -2.18. The summed E-state index contributed by atoms with van der Waals surface area (Å²) in [6.45, 7) is 6.90. The summed E-state index contributed by atoms with van der Waals surface area (Å²) in [6, 6.07) is 20.2. The lowest BCUT2D eigenvalue weighted by Crippen LogP contribution is -2.21. The van der Waals surface area contributed by atoms with Gasteiger partial charge in [0.25, 0.3) is 0 Å². The molecule has 1 fully saturated rings. The molecule has 1 aliphatic rings. The third kappa shape index (κ3) is 5.73. The van der Waals surface area contributed by atoms with Crippen LogP contribution in [0.2, 0.25) is 0 Å². The quantitative estimate of drug-likeness (QED) is 0.129. The average Bonchev–Trinajstić information content (AvgIpc) is 3.74. The van der Waals surface area contributed by atoms with Gasteiger partial charge >= 0.3 is 5.97 Å². The molecule has 44 heavy (non-hydrogen) atoms. The van der Waals surface area contributed by atoms with E-state index in [1.807, 2.05) is 0 Å². The number of aromatic carboxylic acids is 1. The Kier molecular flexibility index (Phi) is 7.55. The summed E-state index contributed by atoms with van der Waals surface area (Å²) in [5.74, 6) is -1.38. The van der Waals surface area contributed by atoms with Crippen molar-refractivity contribution in [2.45, 2.75) is 38.8 Å². The molecular weight excluding hydrogens is 574 g/mol. The van der Waals surface area contributed by atoms with E-state index in [2.05, 4.69) is 9.83 Å². The Morgan fingerprint density at radius 2 is 1.73 bits per heavy atom. The number of halogens is 4. The first-order valence-corrected chi connectivity index (χ1v) is 13.8. The van der Waals surface area contributed by atoms with Crippen molar-refractivity contribution in [3.63, 3.8) is 0 Å². The van der Waals surface area contributed by atoms with E-state index in [4.69, 9.17) is 11.3 Å². The van der Waals surface area contributed by atoms with Gasteiger partial charge in [-0.25, -0.2) is 32.2 Å². The third-order valence-corrected chi connectivity index (χ3v) is 8.03.